The normalized spacial score (nSPS) is 14.1. The maximum atomic E-state index is 13.1. The molecule has 0 fully saturated rings. The number of anilines is 2. The van der Waals surface area contributed by atoms with Gasteiger partial charge in [-0.15, -0.1) is 0 Å². The Morgan fingerprint density at radius 3 is 2.34 bits per heavy atom. The van der Waals surface area contributed by atoms with E-state index in [0.29, 0.717) is 22.5 Å². The molecular formula is C27H26F2N4O2. The van der Waals surface area contributed by atoms with Gasteiger partial charge < -0.3 is 20.9 Å². The molecule has 35 heavy (non-hydrogen) atoms. The van der Waals surface area contributed by atoms with Gasteiger partial charge in [0.05, 0.1) is 17.8 Å². The number of rotatable bonds is 8. The minimum Gasteiger partial charge on any atom is -0.354 e. The Labute approximate surface area is 202 Å². The summed E-state index contributed by atoms with van der Waals surface area (Å²) in [7, 11) is 4.02. The second kappa shape index (κ2) is 10.5. The van der Waals surface area contributed by atoms with Crippen LogP contribution in [0.4, 0.5) is 20.2 Å². The lowest BCUT2D eigenvalue weighted by Gasteiger charge is -2.16. The number of hydrogen-bond donors (Lipinski definition) is 3. The predicted octanol–water partition coefficient (Wildman–Crippen LogP) is 4.68. The summed E-state index contributed by atoms with van der Waals surface area (Å²) in [5, 5.41) is 8.39. The Hall–Kier alpha value is -4.04. The first kappa shape index (κ1) is 24.1. The number of nitrogens with zero attached hydrogens (tertiary/aromatic N) is 1. The third kappa shape index (κ3) is 5.73. The number of fused-ring (bicyclic) bond motifs is 1. The molecule has 0 atom stereocenters. The summed E-state index contributed by atoms with van der Waals surface area (Å²) in [4.78, 5) is 27.4. The Morgan fingerprint density at radius 2 is 1.69 bits per heavy atom. The van der Waals surface area contributed by atoms with Crippen LogP contribution in [0, 0.1) is 0 Å². The molecule has 3 aromatic rings. The van der Waals surface area contributed by atoms with Crippen LogP contribution >= 0.6 is 0 Å². The number of carbonyl (C=O) groups excluding carboxylic acids is 2. The van der Waals surface area contributed by atoms with Crippen molar-refractivity contribution >= 4 is 34.5 Å². The van der Waals surface area contributed by atoms with Crippen LogP contribution in [0.1, 0.15) is 27.0 Å². The molecule has 1 aliphatic rings. The number of benzene rings is 3. The summed E-state index contributed by atoms with van der Waals surface area (Å²) >= 11 is 0. The van der Waals surface area contributed by atoms with Crippen molar-refractivity contribution in [2.45, 2.75) is 13.0 Å². The third-order valence-electron chi connectivity index (χ3n) is 5.48. The molecule has 0 unspecified atom stereocenters. The topological polar surface area (TPSA) is 73.5 Å². The number of hydrogen-bond acceptors (Lipinski definition) is 4. The SMILES string of the molecule is CN(C)Cc1ccc(N/C(=C2\C(=O)Nc3cc(C(=O)NCC(F)F)ccc32)c2ccccc2)cc1. The minimum atomic E-state index is -2.64. The quantitative estimate of drug-likeness (QED) is 0.413. The lowest BCUT2D eigenvalue weighted by Crippen LogP contribution is -2.28. The molecule has 2 amide bonds. The van der Waals surface area contributed by atoms with E-state index < -0.39 is 18.9 Å². The van der Waals surface area contributed by atoms with E-state index in [1.807, 2.05) is 68.7 Å². The van der Waals surface area contributed by atoms with Crippen LogP contribution in [0.5, 0.6) is 0 Å². The van der Waals surface area contributed by atoms with E-state index in [4.69, 9.17) is 0 Å². The number of halogens is 2. The zero-order chi connectivity index (χ0) is 24.9. The number of nitrogens with one attached hydrogen (secondary N) is 3. The van der Waals surface area contributed by atoms with E-state index in [0.717, 1.165) is 23.4 Å². The van der Waals surface area contributed by atoms with Crippen LogP contribution in [-0.2, 0) is 11.3 Å². The Bertz CT molecular complexity index is 1260. The van der Waals surface area contributed by atoms with E-state index in [2.05, 4.69) is 20.9 Å². The largest absolute Gasteiger partial charge is 0.354 e. The maximum Gasteiger partial charge on any atom is 0.258 e. The minimum absolute atomic E-state index is 0.191. The van der Waals surface area contributed by atoms with Crippen molar-refractivity contribution in [2.75, 3.05) is 31.3 Å². The van der Waals surface area contributed by atoms with Gasteiger partial charge in [0.1, 0.15) is 0 Å². The molecule has 0 saturated carbocycles. The van der Waals surface area contributed by atoms with Gasteiger partial charge in [0.2, 0.25) is 0 Å². The van der Waals surface area contributed by atoms with Crippen molar-refractivity contribution in [3.8, 4) is 0 Å². The van der Waals surface area contributed by atoms with Gasteiger partial charge in [0, 0.05) is 29.0 Å². The molecule has 0 bridgehead atoms. The lowest BCUT2D eigenvalue weighted by atomic mass is 9.98. The van der Waals surface area contributed by atoms with Crippen molar-refractivity contribution in [3.05, 3.63) is 95.1 Å². The van der Waals surface area contributed by atoms with Gasteiger partial charge in [0.15, 0.2) is 0 Å². The maximum absolute atomic E-state index is 13.1. The molecule has 1 aliphatic heterocycles. The molecule has 6 nitrogen and oxygen atoms in total. The van der Waals surface area contributed by atoms with Crippen LogP contribution < -0.4 is 16.0 Å². The summed E-state index contributed by atoms with van der Waals surface area (Å²) in [5.41, 5.74) is 5.12. The summed E-state index contributed by atoms with van der Waals surface area (Å²) in [6.45, 7) is 0.0821. The van der Waals surface area contributed by atoms with E-state index in [1.165, 1.54) is 12.1 Å². The summed E-state index contributed by atoms with van der Waals surface area (Å²) in [5.74, 6) is -0.945. The monoisotopic (exact) mass is 476 g/mol. The van der Waals surface area contributed by atoms with E-state index >= 15 is 0 Å². The Balaban J connectivity index is 1.71. The summed E-state index contributed by atoms with van der Waals surface area (Å²) < 4.78 is 24.9. The van der Waals surface area contributed by atoms with E-state index in [-0.39, 0.29) is 11.5 Å². The second-order valence-corrected chi connectivity index (χ2v) is 8.49. The molecule has 3 N–H and O–H groups in total. The van der Waals surface area contributed by atoms with Crippen LogP contribution in [0.3, 0.4) is 0 Å². The zero-order valence-electron chi connectivity index (χ0n) is 19.4. The standard InChI is InChI=1S/C27H26F2N4O2/c1-33(2)16-17-8-11-20(12-9-17)31-25(18-6-4-3-5-7-18)24-21-13-10-19(14-22(21)32-27(24)35)26(34)30-15-23(28)29/h3-14,23,31H,15-16H2,1-2H3,(H,30,34)(H,32,35)/b25-24-. The molecule has 0 radical (unpaired) electrons. The van der Waals surface area contributed by atoms with Crippen LogP contribution in [0.2, 0.25) is 0 Å². The number of carbonyl (C=O) groups is 2. The zero-order valence-corrected chi connectivity index (χ0v) is 19.4. The highest BCUT2D eigenvalue weighted by molar-refractivity contribution is 6.37. The van der Waals surface area contributed by atoms with Crippen molar-refractivity contribution < 1.29 is 18.4 Å². The highest BCUT2D eigenvalue weighted by atomic mass is 19.3. The third-order valence-corrected chi connectivity index (χ3v) is 5.48. The Kier molecular flexibility index (Phi) is 7.22. The average molecular weight is 477 g/mol. The molecule has 4 rings (SSSR count). The van der Waals surface area contributed by atoms with Gasteiger partial charge in [0.25, 0.3) is 18.2 Å². The molecule has 0 aliphatic carbocycles. The second-order valence-electron chi connectivity index (χ2n) is 8.49. The van der Waals surface area contributed by atoms with Crippen molar-refractivity contribution in [2.24, 2.45) is 0 Å². The smallest absolute Gasteiger partial charge is 0.258 e. The molecular weight excluding hydrogens is 450 g/mol. The molecule has 0 aromatic heterocycles. The predicted molar refractivity (Wildman–Crippen MR) is 134 cm³/mol. The molecule has 8 heteroatoms. The fourth-order valence-electron chi connectivity index (χ4n) is 3.92. The van der Waals surface area contributed by atoms with Crippen molar-refractivity contribution in [1.82, 2.24) is 10.2 Å². The fourth-order valence-corrected chi connectivity index (χ4v) is 3.92. The number of alkyl halides is 2. The van der Waals surface area contributed by atoms with Gasteiger partial charge in [-0.2, -0.15) is 0 Å². The van der Waals surface area contributed by atoms with Gasteiger partial charge in [-0.05, 0) is 49.5 Å². The van der Waals surface area contributed by atoms with Crippen molar-refractivity contribution in [1.29, 1.82) is 0 Å². The molecule has 0 saturated heterocycles. The first-order chi connectivity index (χ1) is 16.8. The first-order valence-electron chi connectivity index (χ1n) is 11.1. The van der Waals surface area contributed by atoms with Gasteiger partial charge >= 0.3 is 0 Å². The molecule has 0 spiro atoms. The van der Waals surface area contributed by atoms with E-state index in [9.17, 15) is 18.4 Å². The van der Waals surface area contributed by atoms with E-state index in [1.54, 1.807) is 6.07 Å². The summed E-state index contributed by atoms with van der Waals surface area (Å²) in [6, 6.07) is 22.2. The lowest BCUT2D eigenvalue weighted by molar-refractivity contribution is -0.110. The molecule has 1 heterocycles. The van der Waals surface area contributed by atoms with Crippen molar-refractivity contribution in [3.63, 3.8) is 0 Å². The summed E-state index contributed by atoms with van der Waals surface area (Å²) in [6.07, 6.45) is -2.64. The number of amides is 2. The first-order valence-corrected chi connectivity index (χ1v) is 11.1. The van der Waals surface area contributed by atoms with Gasteiger partial charge in [-0.1, -0.05) is 48.5 Å². The average Bonchev–Trinajstić information content (AvgIpc) is 3.17. The van der Waals surface area contributed by atoms with Crippen LogP contribution in [0.25, 0.3) is 11.3 Å². The van der Waals surface area contributed by atoms with Gasteiger partial charge in [-0.3, -0.25) is 9.59 Å². The fraction of sp³-hybridized carbons (Fsp3) is 0.185. The van der Waals surface area contributed by atoms with Crippen LogP contribution in [0.15, 0.2) is 72.8 Å². The van der Waals surface area contributed by atoms with Gasteiger partial charge in [-0.25, -0.2) is 8.78 Å². The molecule has 180 valence electrons. The van der Waals surface area contributed by atoms with Crippen LogP contribution in [-0.4, -0.2) is 43.8 Å². The highest BCUT2D eigenvalue weighted by Gasteiger charge is 2.29. The Morgan fingerprint density at radius 1 is 0.971 bits per heavy atom. The molecule has 3 aromatic carbocycles. The highest BCUT2D eigenvalue weighted by Crippen LogP contribution is 2.38.